The summed E-state index contributed by atoms with van der Waals surface area (Å²) >= 11 is 0. The molecule has 0 saturated heterocycles. The summed E-state index contributed by atoms with van der Waals surface area (Å²) in [7, 11) is -4.07. The minimum atomic E-state index is -4.07. The number of hydrogen-bond donors (Lipinski definition) is 2. The zero-order chi connectivity index (χ0) is 18.2. The van der Waals surface area contributed by atoms with Crippen molar-refractivity contribution < 1.29 is 18.0 Å². The highest BCUT2D eigenvalue weighted by atomic mass is 32.2. The molecule has 0 aromatic heterocycles. The molecule has 0 unspecified atom stereocenters. The number of sulfonamides is 1. The number of benzene rings is 2. The van der Waals surface area contributed by atoms with Crippen molar-refractivity contribution in [2.75, 3.05) is 13.1 Å². The summed E-state index contributed by atoms with van der Waals surface area (Å²) < 4.78 is 26.3. The Hall–Kier alpha value is -2.71. The quantitative estimate of drug-likeness (QED) is 0.653. The first-order valence-electron chi connectivity index (χ1n) is 7.57. The molecule has 0 saturated carbocycles. The molecule has 2 aromatic rings. The summed E-state index contributed by atoms with van der Waals surface area (Å²) in [4.78, 5) is 22.3. The van der Waals surface area contributed by atoms with Crippen LogP contribution in [0.4, 0.5) is 0 Å². The Bertz CT molecular complexity index is 954. The molecule has 0 bridgehead atoms. The maximum atomic E-state index is 12.8. The molecule has 2 aromatic carbocycles. The lowest BCUT2D eigenvalue weighted by molar-refractivity contribution is -0.120. The molecular formula is C17H17N3O4S. The van der Waals surface area contributed by atoms with Crippen LogP contribution in [-0.4, -0.2) is 37.6 Å². The van der Waals surface area contributed by atoms with Crippen molar-refractivity contribution in [3.8, 4) is 11.1 Å². The van der Waals surface area contributed by atoms with Gasteiger partial charge in [0.25, 0.3) is 0 Å². The summed E-state index contributed by atoms with van der Waals surface area (Å²) in [6.07, 6.45) is 0.626. The molecule has 0 aliphatic heterocycles. The van der Waals surface area contributed by atoms with Gasteiger partial charge in [0.15, 0.2) is 0 Å². The predicted molar refractivity (Wildman–Crippen MR) is 91.8 cm³/mol. The van der Waals surface area contributed by atoms with Crippen LogP contribution in [0.2, 0.25) is 0 Å². The second-order valence-electron chi connectivity index (χ2n) is 5.86. The largest absolute Gasteiger partial charge is 0.369 e. The normalized spacial score (nSPS) is 12.7. The van der Waals surface area contributed by atoms with E-state index in [1.165, 1.54) is 6.07 Å². The second-order valence-corrected chi connectivity index (χ2v) is 7.80. The van der Waals surface area contributed by atoms with Crippen LogP contribution in [0.5, 0.6) is 0 Å². The maximum Gasteiger partial charge on any atom is 0.244 e. The molecule has 1 aliphatic carbocycles. The summed E-state index contributed by atoms with van der Waals surface area (Å²) in [6, 6.07) is 12.6. The van der Waals surface area contributed by atoms with Crippen molar-refractivity contribution in [3.05, 3.63) is 53.6 Å². The smallest absolute Gasteiger partial charge is 0.244 e. The molecule has 2 amide bonds. The Kier molecular flexibility index (Phi) is 4.32. The first kappa shape index (κ1) is 17.1. The molecule has 0 fully saturated rings. The molecule has 4 N–H and O–H groups in total. The summed E-state index contributed by atoms with van der Waals surface area (Å²) in [5.74, 6) is -1.73. The lowest BCUT2D eigenvalue weighted by atomic mass is 10.1. The van der Waals surface area contributed by atoms with Gasteiger partial charge < -0.3 is 11.5 Å². The van der Waals surface area contributed by atoms with Gasteiger partial charge in [-0.15, -0.1) is 0 Å². The van der Waals surface area contributed by atoms with Crippen molar-refractivity contribution in [1.29, 1.82) is 0 Å². The standard InChI is InChI=1S/C17H17N3O4S/c18-16(21)9-20(10-17(19)22)25(23,24)13-5-6-15-12(8-13)7-11-3-1-2-4-14(11)15/h1-6,8H,7,9-10H2,(H2,18,21)(H2,19,22). The number of hydrogen-bond acceptors (Lipinski definition) is 4. The van der Waals surface area contributed by atoms with E-state index < -0.39 is 34.9 Å². The van der Waals surface area contributed by atoms with Crippen LogP contribution in [0.15, 0.2) is 47.4 Å². The molecular weight excluding hydrogens is 342 g/mol. The number of amides is 2. The molecule has 0 atom stereocenters. The number of rotatable bonds is 6. The number of primary amides is 2. The fourth-order valence-electron chi connectivity index (χ4n) is 3.00. The Morgan fingerprint density at radius 2 is 1.52 bits per heavy atom. The van der Waals surface area contributed by atoms with Gasteiger partial charge in [-0.25, -0.2) is 8.42 Å². The second kappa shape index (κ2) is 6.30. The van der Waals surface area contributed by atoms with Gasteiger partial charge in [-0.1, -0.05) is 30.3 Å². The van der Waals surface area contributed by atoms with E-state index in [4.69, 9.17) is 11.5 Å². The molecule has 25 heavy (non-hydrogen) atoms. The Labute approximate surface area is 145 Å². The van der Waals surface area contributed by atoms with Crippen LogP contribution >= 0.6 is 0 Å². The number of nitrogens with zero attached hydrogens (tertiary/aromatic N) is 1. The lowest BCUT2D eigenvalue weighted by Crippen LogP contribution is -2.43. The van der Waals surface area contributed by atoms with Gasteiger partial charge in [0, 0.05) is 0 Å². The molecule has 1 aliphatic rings. The SMILES string of the molecule is NC(=O)CN(CC(N)=O)S(=O)(=O)c1ccc2c(c1)Cc1ccccc1-2. The zero-order valence-corrected chi connectivity index (χ0v) is 14.1. The molecule has 8 heteroatoms. The molecule has 7 nitrogen and oxygen atoms in total. The maximum absolute atomic E-state index is 12.8. The zero-order valence-electron chi connectivity index (χ0n) is 13.3. The van der Waals surface area contributed by atoms with E-state index in [1.54, 1.807) is 12.1 Å². The van der Waals surface area contributed by atoms with Crippen LogP contribution in [0.1, 0.15) is 11.1 Å². The van der Waals surface area contributed by atoms with Gasteiger partial charge >= 0.3 is 0 Å². The highest BCUT2D eigenvalue weighted by Gasteiger charge is 2.29. The summed E-state index contributed by atoms with van der Waals surface area (Å²) in [5.41, 5.74) is 14.2. The van der Waals surface area contributed by atoms with E-state index in [0.717, 1.165) is 22.3 Å². The van der Waals surface area contributed by atoms with Crippen LogP contribution < -0.4 is 11.5 Å². The van der Waals surface area contributed by atoms with Crippen molar-refractivity contribution in [2.45, 2.75) is 11.3 Å². The van der Waals surface area contributed by atoms with Crippen molar-refractivity contribution in [2.24, 2.45) is 11.5 Å². The van der Waals surface area contributed by atoms with Crippen LogP contribution in [0.25, 0.3) is 11.1 Å². The first-order chi connectivity index (χ1) is 11.8. The lowest BCUT2D eigenvalue weighted by Gasteiger charge is -2.19. The monoisotopic (exact) mass is 359 g/mol. The Balaban J connectivity index is 1.99. The summed E-state index contributed by atoms with van der Waals surface area (Å²) in [6.45, 7) is -1.22. The molecule has 130 valence electrons. The average molecular weight is 359 g/mol. The number of fused-ring (bicyclic) bond motifs is 3. The van der Waals surface area contributed by atoms with E-state index in [0.29, 0.717) is 10.7 Å². The topological polar surface area (TPSA) is 124 Å². The third-order valence-electron chi connectivity index (χ3n) is 4.07. The number of nitrogens with two attached hydrogens (primary N) is 2. The first-order valence-corrected chi connectivity index (χ1v) is 9.01. The van der Waals surface area contributed by atoms with Crippen LogP contribution in [0, 0.1) is 0 Å². The van der Waals surface area contributed by atoms with Gasteiger partial charge in [-0.05, 0) is 40.8 Å². The van der Waals surface area contributed by atoms with Crippen LogP contribution in [0.3, 0.4) is 0 Å². The fourth-order valence-corrected chi connectivity index (χ4v) is 4.43. The molecule has 0 heterocycles. The minimum absolute atomic E-state index is 0.00144. The van der Waals surface area contributed by atoms with Gasteiger partial charge in [0.2, 0.25) is 21.8 Å². The van der Waals surface area contributed by atoms with Gasteiger partial charge in [0.05, 0.1) is 18.0 Å². The molecule has 0 spiro atoms. The Morgan fingerprint density at radius 1 is 0.920 bits per heavy atom. The highest BCUT2D eigenvalue weighted by molar-refractivity contribution is 7.89. The van der Waals surface area contributed by atoms with E-state index in [1.807, 2.05) is 24.3 Å². The predicted octanol–water partition coefficient (Wildman–Crippen LogP) is 0.219. The van der Waals surface area contributed by atoms with E-state index in [-0.39, 0.29) is 4.90 Å². The van der Waals surface area contributed by atoms with Crippen molar-refractivity contribution >= 4 is 21.8 Å². The summed E-state index contributed by atoms with van der Waals surface area (Å²) in [5, 5.41) is 0. The van der Waals surface area contributed by atoms with E-state index >= 15 is 0 Å². The third kappa shape index (κ3) is 3.26. The fraction of sp³-hybridized carbons (Fsp3) is 0.176. The van der Waals surface area contributed by atoms with Gasteiger partial charge in [-0.3, -0.25) is 9.59 Å². The molecule has 3 rings (SSSR count). The van der Waals surface area contributed by atoms with Crippen molar-refractivity contribution in [3.63, 3.8) is 0 Å². The third-order valence-corrected chi connectivity index (χ3v) is 5.85. The van der Waals surface area contributed by atoms with E-state index in [9.17, 15) is 18.0 Å². The number of carbonyl (C=O) groups is 2. The Morgan fingerprint density at radius 3 is 2.16 bits per heavy atom. The molecule has 0 radical (unpaired) electrons. The van der Waals surface area contributed by atoms with Crippen molar-refractivity contribution in [1.82, 2.24) is 4.31 Å². The van der Waals surface area contributed by atoms with Crippen LogP contribution in [-0.2, 0) is 26.0 Å². The van der Waals surface area contributed by atoms with Gasteiger partial charge in [0.1, 0.15) is 0 Å². The average Bonchev–Trinajstić information content (AvgIpc) is 2.91. The number of carbonyl (C=O) groups excluding carboxylic acids is 2. The van der Waals surface area contributed by atoms with Gasteiger partial charge in [-0.2, -0.15) is 4.31 Å². The minimum Gasteiger partial charge on any atom is -0.369 e. The highest BCUT2D eigenvalue weighted by Crippen LogP contribution is 2.37. The van der Waals surface area contributed by atoms with E-state index in [2.05, 4.69) is 0 Å².